The van der Waals surface area contributed by atoms with Crippen LogP contribution in [0.2, 0.25) is 0 Å². The molecule has 0 bridgehead atoms. The van der Waals surface area contributed by atoms with E-state index in [4.69, 9.17) is 9.47 Å². The predicted octanol–water partition coefficient (Wildman–Crippen LogP) is 2.45. The number of benzene rings is 1. The summed E-state index contributed by atoms with van der Waals surface area (Å²) in [4.78, 5) is 40.9. The first kappa shape index (κ1) is 22.5. The topological polar surface area (TPSA) is 99.5 Å². The van der Waals surface area contributed by atoms with Gasteiger partial charge in [0.15, 0.2) is 17.5 Å². The number of amides is 1. The zero-order valence-corrected chi connectivity index (χ0v) is 17.7. The fourth-order valence-electron chi connectivity index (χ4n) is 2.67. The number of imidazole rings is 1. The first-order valence-corrected chi connectivity index (χ1v) is 10.4. The number of hydrogen-bond acceptors (Lipinski definition) is 7. The Labute approximate surface area is 174 Å². The number of carbonyl (C=O) groups excluding carboxylic acids is 3. The molecule has 0 aliphatic carbocycles. The summed E-state index contributed by atoms with van der Waals surface area (Å²) in [5, 5.41) is 3.19. The standard InChI is InChI=1S/C20H25N3O5S/c1-5-13(2)17(19(26)27-3)22-16(24)12-28-18(25)15-11-21-20(29-4)23(15)14-9-7-6-8-10-14/h6-11,13,17H,5,12H2,1-4H3,(H,22,24). The lowest BCUT2D eigenvalue weighted by Crippen LogP contribution is -2.47. The van der Waals surface area contributed by atoms with E-state index in [1.165, 1.54) is 25.1 Å². The monoisotopic (exact) mass is 419 g/mol. The Morgan fingerprint density at radius 1 is 1.24 bits per heavy atom. The summed E-state index contributed by atoms with van der Waals surface area (Å²) >= 11 is 1.39. The zero-order valence-electron chi connectivity index (χ0n) is 16.9. The minimum absolute atomic E-state index is 0.120. The largest absolute Gasteiger partial charge is 0.467 e. The molecule has 0 fully saturated rings. The Morgan fingerprint density at radius 2 is 1.93 bits per heavy atom. The molecule has 156 valence electrons. The molecule has 1 amide bonds. The highest BCUT2D eigenvalue weighted by atomic mass is 32.2. The van der Waals surface area contributed by atoms with Crippen molar-refractivity contribution >= 4 is 29.6 Å². The van der Waals surface area contributed by atoms with Crippen LogP contribution in [-0.2, 0) is 19.1 Å². The molecule has 2 aromatic rings. The highest BCUT2D eigenvalue weighted by molar-refractivity contribution is 7.98. The van der Waals surface area contributed by atoms with E-state index in [2.05, 4.69) is 10.3 Å². The number of nitrogens with zero attached hydrogens (tertiary/aromatic N) is 2. The predicted molar refractivity (Wildman–Crippen MR) is 109 cm³/mol. The van der Waals surface area contributed by atoms with E-state index in [1.54, 1.807) is 4.57 Å². The summed E-state index contributed by atoms with van der Waals surface area (Å²) in [7, 11) is 1.26. The van der Waals surface area contributed by atoms with E-state index in [9.17, 15) is 14.4 Å². The van der Waals surface area contributed by atoms with Crippen molar-refractivity contribution < 1.29 is 23.9 Å². The lowest BCUT2D eigenvalue weighted by atomic mass is 9.99. The summed E-state index contributed by atoms with van der Waals surface area (Å²) in [6.45, 7) is 3.22. The van der Waals surface area contributed by atoms with Gasteiger partial charge in [-0.25, -0.2) is 14.6 Å². The Balaban J connectivity index is 2.09. The second-order valence-electron chi connectivity index (χ2n) is 6.33. The molecule has 8 nitrogen and oxygen atoms in total. The minimum atomic E-state index is -0.797. The van der Waals surface area contributed by atoms with Crippen molar-refractivity contribution in [1.29, 1.82) is 0 Å². The molecule has 0 spiro atoms. The summed E-state index contributed by atoms with van der Waals surface area (Å²) in [6.07, 6.45) is 3.94. The van der Waals surface area contributed by atoms with Gasteiger partial charge in [0.2, 0.25) is 0 Å². The average Bonchev–Trinajstić information content (AvgIpc) is 3.19. The quantitative estimate of drug-likeness (QED) is 0.492. The third-order valence-corrected chi connectivity index (χ3v) is 5.11. The van der Waals surface area contributed by atoms with Crippen molar-refractivity contribution in [2.75, 3.05) is 20.0 Å². The summed E-state index contributed by atoms with van der Waals surface area (Å²) in [6, 6.07) is 8.47. The smallest absolute Gasteiger partial charge is 0.357 e. The number of aromatic nitrogens is 2. The van der Waals surface area contributed by atoms with Gasteiger partial charge in [-0.1, -0.05) is 50.2 Å². The molecule has 1 aromatic carbocycles. The summed E-state index contributed by atoms with van der Waals surface area (Å²) in [5.41, 5.74) is 0.966. The van der Waals surface area contributed by atoms with Crippen LogP contribution >= 0.6 is 11.8 Å². The number of para-hydroxylation sites is 1. The molecule has 0 saturated heterocycles. The second kappa shape index (κ2) is 10.7. The Hall–Kier alpha value is -2.81. The van der Waals surface area contributed by atoms with E-state index in [0.717, 1.165) is 5.69 Å². The van der Waals surface area contributed by atoms with E-state index in [0.29, 0.717) is 11.6 Å². The van der Waals surface area contributed by atoms with E-state index < -0.39 is 30.5 Å². The first-order chi connectivity index (χ1) is 13.9. The van der Waals surface area contributed by atoms with Crippen molar-refractivity contribution in [3.05, 3.63) is 42.2 Å². The van der Waals surface area contributed by atoms with Crippen LogP contribution in [0.5, 0.6) is 0 Å². The lowest BCUT2D eigenvalue weighted by molar-refractivity contribution is -0.147. The molecule has 0 aliphatic rings. The van der Waals surface area contributed by atoms with Crippen LogP contribution in [-0.4, -0.2) is 53.4 Å². The molecule has 2 atom stereocenters. The first-order valence-electron chi connectivity index (χ1n) is 9.14. The molecular formula is C20H25N3O5S. The van der Waals surface area contributed by atoms with E-state index in [-0.39, 0.29) is 11.6 Å². The Kier molecular flexibility index (Phi) is 8.26. The second-order valence-corrected chi connectivity index (χ2v) is 7.10. The van der Waals surface area contributed by atoms with Crippen molar-refractivity contribution in [3.63, 3.8) is 0 Å². The van der Waals surface area contributed by atoms with Gasteiger partial charge < -0.3 is 14.8 Å². The van der Waals surface area contributed by atoms with E-state index in [1.807, 2.05) is 50.4 Å². The molecule has 0 saturated carbocycles. The highest BCUT2D eigenvalue weighted by Gasteiger charge is 2.27. The molecule has 1 aromatic heterocycles. The fourth-order valence-corrected chi connectivity index (χ4v) is 3.21. The van der Waals surface area contributed by atoms with Gasteiger partial charge in [0.25, 0.3) is 5.91 Å². The van der Waals surface area contributed by atoms with Crippen molar-refractivity contribution in [3.8, 4) is 5.69 Å². The number of hydrogen-bond donors (Lipinski definition) is 1. The molecule has 29 heavy (non-hydrogen) atoms. The molecule has 0 radical (unpaired) electrons. The van der Waals surface area contributed by atoms with E-state index >= 15 is 0 Å². The average molecular weight is 420 g/mol. The third-order valence-electron chi connectivity index (χ3n) is 4.45. The number of nitrogens with one attached hydrogen (secondary N) is 1. The van der Waals surface area contributed by atoms with Gasteiger partial charge >= 0.3 is 11.9 Å². The molecule has 1 heterocycles. The number of esters is 2. The van der Waals surface area contributed by atoms with Gasteiger partial charge in [0.1, 0.15) is 6.04 Å². The molecule has 9 heteroatoms. The molecular weight excluding hydrogens is 394 g/mol. The fraction of sp³-hybridized carbons (Fsp3) is 0.400. The number of ether oxygens (including phenoxy) is 2. The van der Waals surface area contributed by atoms with Crippen molar-refractivity contribution in [1.82, 2.24) is 14.9 Å². The maximum Gasteiger partial charge on any atom is 0.357 e. The Bertz CT molecular complexity index is 853. The number of thioether (sulfide) groups is 1. The number of carbonyl (C=O) groups is 3. The number of methoxy groups -OCH3 is 1. The normalized spacial score (nSPS) is 12.7. The van der Waals surface area contributed by atoms with Crippen LogP contribution in [0.15, 0.2) is 41.7 Å². The molecule has 0 aliphatic heterocycles. The van der Waals surface area contributed by atoms with Crippen LogP contribution in [0.1, 0.15) is 30.8 Å². The SMILES string of the molecule is CCC(C)C(NC(=O)COC(=O)c1cnc(SC)n1-c1ccccc1)C(=O)OC. The maximum absolute atomic E-state index is 12.6. The van der Waals surface area contributed by atoms with Crippen LogP contribution in [0.4, 0.5) is 0 Å². The van der Waals surface area contributed by atoms with Gasteiger partial charge in [-0.15, -0.1) is 0 Å². The van der Waals surface area contributed by atoms with Gasteiger partial charge in [0, 0.05) is 5.69 Å². The number of rotatable bonds is 9. The van der Waals surface area contributed by atoms with Gasteiger partial charge in [0.05, 0.1) is 13.3 Å². The van der Waals surface area contributed by atoms with Gasteiger partial charge in [-0.05, 0) is 24.3 Å². The van der Waals surface area contributed by atoms with Crippen molar-refractivity contribution in [2.45, 2.75) is 31.5 Å². The van der Waals surface area contributed by atoms with Crippen LogP contribution in [0, 0.1) is 5.92 Å². The van der Waals surface area contributed by atoms with Gasteiger partial charge in [-0.3, -0.25) is 9.36 Å². The lowest BCUT2D eigenvalue weighted by Gasteiger charge is -2.21. The molecule has 2 rings (SSSR count). The van der Waals surface area contributed by atoms with Crippen LogP contribution in [0.25, 0.3) is 5.69 Å². The third kappa shape index (κ3) is 5.60. The van der Waals surface area contributed by atoms with Crippen LogP contribution in [0.3, 0.4) is 0 Å². The summed E-state index contributed by atoms with van der Waals surface area (Å²) in [5.74, 6) is -1.92. The van der Waals surface area contributed by atoms with Crippen molar-refractivity contribution in [2.24, 2.45) is 5.92 Å². The molecule has 2 unspecified atom stereocenters. The van der Waals surface area contributed by atoms with Crippen LogP contribution < -0.4 is 5.32 Å². The van der Waals surface area contributed by atoms with Gasteiger partial charge in [-0.2, -0.15) is 0 Å². The maximum atomic E-state index is 12.6. The molecule has 1 N–H and O–H groups in total. The Morgan fingerprint density at radius 3 is 2.52 bits per heavy atom. The zero-order chi connectivity index (χ0) is 21.4. The minimum Gasteiger partial charge on any atom is -0.467 e. The highest BCUT2D eigenvalue weighted by Crippen LogP contribution is 2.22. The summed E-state index contributed by atoms with van der Waals surface area (Å²) < 4.78 is 11.6.